The summed E-state index contributed by atoms with van der Waals surface area (Å²) in [5.74, 6) is 0. The van der Waals surface area contributed by atoms with E-state index in [1.807, 2.05) is 0 Å². The topological polar surface area (TPSA) is 43.0 Å². The summed E-state index contributed by atoms with van der Waals surface area (Å²) < 4.78 is 2.18. The zero-order chi connectivity index (χ0) is 11.9. The molecule has 3 N–H and O–H groups in total. The van der Waals surface area contributed by atoms with Crippen LogP contribution in [0.2, 0.25) is 0 Å². The molecule has 2 aromatic rings. The number of fused-ring (bicyclic) bond motifs is 1. The minimum Gasteiger partial charge on any atom is -0.350 e. The first kappa shape index (κ1) is 10.8. The molecule has 1 saturated carbocycles. The number of aromatic nitrogens is 1. The summed E-state index contributed by atoms with van der Waals surface area (Å²) in [4.78, 5) is 0. The number of nitrogens with zero attached hydrogens (tertiary/aromatic N) is 1. The fourth-order valence-corrected chi connectivity index (χ4v) is 2.35. The van der Waals surface area contributed by atoms with Gasteiger partial charge in [-0.05, 0) is 24.5 Å². The van der Waals surface area contributed by atoms with Gasteiger partial charge in [-0.1, -0.05) is 18.2 Å². The Bertz CT molecular complexity index is 537. The summed E-state index contributed by atoms with van der Waals surface area (Å²) >= 11 is 0. The quantitative estimate of drug-likeness (QED) is 0.839. The molecule has 0 saturated heterocycles. The van der Waals surface area contributed by atoms with Crippen LogP contribution in [0.25, 0.3) is 10.9 Å². The second-order valence-corrected chi connectivity index (χ2v) is 5.25. The highest BCUT2D eigenvalue weighted by Crippen LogP contribution is 2.31. The number of nitrogens with two attached hydrogens (primary N) is 1. The highest BCUT2D eigenvalue weighted by Gasteiger charge is 2.37. The molecule has 17 heavy (non-hydrogen) atoms. The second-order valence-electron chi connectivity index (χ2n) is 5.25. The number of para-hydroxylation sites is 1. The average molecular weight is 229 g/mol. The van der Waals surface area contributed by atoms with Crippen LogP contribution in [-0.4, -0.2) is 16.7 Å². The lowest BCUT2D eigenvalue weighted by atomic mass is 10.1. The fourth-order valence-electron chi connectivity index (χ4n) is 2.35. The lowest BCUT2D eigenvalue weighted by Crippen LogP contribution is -2.35. The van der Waals surface area contributed by atoms with Crippen LogP contribution < -0.4 is 11.1 Å². The molecule has 3 rings (SSSR count). The molecule has 0 unspecified atom stereocenters. The summed E-state index contributed by atoms with van der Waals surface area (Å²) in [5, 5.41) is 4.81. The summed E-state index contributed by atoms with van der Waals surface area (Å²) in [6, 6.07) is 8.52. The summed E-state index contributed by atoms with van der Waals surface area (Å²) in [6.45, 7) is 1.83. The van der Waals surface area contributed by atoms with E-state index in [9.17, 15) is 0 Å². The number of aryl methyl sites for hydroxylation is 1. The maximum atomic E-state index is 6.06. The van der Waals surface area contributed by atoms with Crippen molar-refractivity contribution in [1.29, 1.82) is 0 Å². The molecule has 0 atom stereocenters. The third-order valence-corrected chi connectivity index (χ3v) is 3.66. The van der Waals surface area contributed by atoms with Gasteiger partial charge in [-0.2, -0.15) is 0 Å². The molecule has 0 spiro atoms. The van der Waals surface area contributed by atoms with Crippen molar-refractivity contribution in [2.75, 3.05) is 6.54 Å². The standard InChI is InChI=1S/C14H19N3/c1-17-9-11(8-16-10-14(15)6-7-14)12-4-2-3-5-13(12)17/h2-5,9,16H,6-8,10,15H2,1H3. The van der Waals surface area contributed by atoms with Crippen LogP contribution in [0.15, 0.2) is 30.5 Å². The molecule has 1 fully saturated rings. The van der Waals surface area contributed by atoms with Crippen LogP contribution in [0.1, 0.15) is 18.4 Å². The van der Waals surface area contributed by atoms with E-state index in [0.29, 0.717) is 0 Å². The van der Waals surface area contributed by atoms with Crippen LogP contribution in [0, 0.1) is 0 Å². The monoisotopic (exact) mass is 229 g/mol. The third-order valence-electron chi connectivity index (χ3n) is 3.66. The van der Waals surface area contributed by atoms with Gasteiger partial charge in [-0.15, -0.1) is 0 Å². The Morgan fingerprint density at radius 3 is 2.88 bits per heavy atom. The van der Waals surface area contributed by atoms with Crippen LogP contribution >= 0.6 is 0 Å². The maximum absolute atomic E-state index is 6.06. The van der Waals surface area contributed by atoms with Gasteiger partial charge < -0.3 is 15.6 Å². The Morgan fingerprint density at radius 1 is 1.35 bits per heavy atom. The molecule has 1 aromatic carbocycles. The summed E-state index contributed by atoms with van der Waals surface area (Å²) in [5.41, 5.74) is 8.79. The molecule has 3 heteroatoms. The van der Waals surface area contributed by atoms with Crippen molar-refractivity contribution in [3.63, 3.8) is 0 Å². The summed E-state index contributed by atoms with van der Waals surface area (Å²) in [7, 11) is 2.09. The molecule has 1 aliphatic rings. The molecule has 0 bridgehead atoms. The average Bonchev–Trinajstić information content (AvgIpc) is 2.97. The molecule has 0 amide bonds. The van der Waals surface area contributed by atoms with Gasteiger partial charge in [0.15, 0.2) is 0 Å². The second kappa shape index (κ2) is 3.86. The van der Waals surface area contributed by atoms with Crippen molar-refractivity contribution in [3.05, 3.63) is 36.0 Å². The molecule has 0 aliphatic heterocycles. The fraction of sp³-hybridized carbons (Fsp3) is 0.429. The lowest BCUT2D eigenvalue weighted by molar-refractivity contribution is 0.570. The molecular formula is C14H19N3. The number of benzene rings is 1. The number of hydrogen-bond acceptors (Lipinski definition) is 2. The third kappa shape index (κ3) is 2.08. The van der Waals surface area contributed by atoms with Gasteiger partial charge in [0.2, 0.25) is 0 Å². The molecule has 1 heterocycles. The molecule has 0 radical (unpaired) electrons. The van der Waals surface area contributed by atoms with Crippen LogP contribution in [-0.2, 0) is 13.6 Å². The SMILES string of the molecule is Cn1cc(CNCC2(N)CC2)c2ccccc21. The zero-order valence-corrected chi connectivity index (χ0v) is 10.2. The molecule has 1 aliphatic carbocycles. The van der Waals surface area contributed by atoms with E-state index in [2.05, 4.69) is 47.4 Å². The minimum atomic E-state index is 0.0879. The van der Waals surface area contributed by atoms with E-state index in [4.69, 9.17) is 5.73 Å². The Kier molecular flexibility index (Phi) is 2.45. The zero-order valence-electron chi connectivity index (χ0n) is 10.2. The van der Waals surface area contributed by atoms with Crippen LogP contribution in [0.5, 0.6) is 0 Å². The van der Waals surface area contributed by atoms with Crippen molar-refractivity contribution in [2.45, 2.75) is 24.9 Å². The molecule has 3 nitrogen and oxygen atoms in total. The minimum absolute atomic E-state index is 0.0879. The van der Waals surface area contributed by atoms with E-state index in [1.54, 1.807) is 0 Å². The Hall–Kier alpha value is -1.32. The number of nitrogens with one attached hydrogen (secondary N) is 1. The normalized spacial score (nSPS) is 17.5. The van der Waals surface area contributed by atoms with Gasteiger partial charge in [-0.25, -0.2) is 0 Å². The van der Waals surface area contributed by atoms with Crippen LogP contribution in [0.4, 0.5) is 0 Å². The van der Waals surface area contributed by atoms with Crippen molar-refractivity contribution < 1.29 is 0 Å². The lowest BCUT2D eigenvalue weighted by Gasteiger charge is -2.09. The first-order chi connectivity index (χ1) is 8.18. The first-order valence-electron chi connectivity index (χ1n) is 6.21. The number of hydrogen-bond donors (Lipinski definition) is 2. The van der Waals surface area contributed by atoms with Crippen molar-refractivity contribution in [2.24, 2.45) is 12.8 Å². The van der Waals surface area contributed by atoms with Crippen molar-refractivity contribution >= 4 is 10.9 Å². The molecular weight excluding hydrogens is 210 g/mol. The highest BCUT2D eigenvalue weighted by atomic mass is 15.0. The van der Waals surface area contributed by atoms with Gasteiger partial charge in [0.05, 0.1) is 0 Å². The predicted molar refractivity (Wildman–Crippen MR) is 70.8 cm³/mol. The van der Waals surface area contributed by atoms with Gasteiger partial charge in [0.25, 0.3) is 0 Å². The highest BCUT2D eigenvalue weighted by molar-refractivity contribution is 5.83. The van der Waals surface area contributed by atoms with E-state index in [-0.39, 0.29) is 5.54 Å². The van der Waals surface area contributed by atoms with E-state index < -0.39 is 0 Å². The van der Waals surface area contributed by atoms with Crippen LogP contribution in [0.3, 0.4) is 0 Å². The van der Waals surface area contributed by atoms with E-state index >= 15 is 0 Å². The van der Waals surface area contributed by atoms with Gasteiger partial charge in [0, 0.05) is 42.8 Å². The first-order valence-corrected chi connectivity index (χ1v) is 6.21. The van der Waals surface area contributed by atoms with E-state index in [1.165, 1.54) is 16.5 Å². The molecule has 90 valence electrons. The van der Waals surface area contributed by atoms with Crippen molar-refractivity contribution in [3.8, 4) is 0 Å². The van der Waals surface area contributed by atoms with Gasteiger partial charge in [0.1, 0.15) is 0 Å². The summed E-state index contributed by atoms with van der Waals surface area (Å²) in [6.07, 6.45) is 4.53. The number of rotatable bonds is 4. The largest absolute Gasteiger partial charge is 0.350 e. The maximum Gasteiger partial charge on any atom is 0.0481 e. The predicted octanol–water partition coefficient (Wildman–Crippen LogP) is 1.76. The Morgan fingerprint density at radius 2 is 2.12 bits per heavy atom. The van der Waals surface area contributed by atoms with Gasteiger partial charge in [-0.3, -0.25) is 0 Å². The van der Waals surface area contributed by atoms with Crippen molar-refractivity contribution in [1.82, 2.24) is 9.88 Å². The Balaban J connectivity index is 1.76. The van der Waals surface area contributed by atoms with Gasteiger partial charge >= 0.3 is 0 Å². The Labute approximate surface area is 102 Å². The smallest absolute Gasteiger partial charge is 0.0481 e. The van der Waals surface area contributed by atoms with E-state index in [0.717, 1.165) is 25.9 Å². The molecule has 1 aromatic heterocycles.